The van der Waals surface area contributed by atoms with E-state index >= 15 is 0 Å². The SMILES string of the molecule is O=[N+]([O-])c1nc(OC(F)(F)F)cc(CO)c1C(F)F. The van der Waals surface area contributed by atoms with Gasteiger partial charge in [0.2, 0.25) is 0 Å². The molecule has 6 nitrogen and oxygen atoms in total. The molecule has 0 bridgehead atoms. The summed E-state index contributed by atoms with van der Waals surface area (Å²) >= 11 is 0. The maximum atomic E-state index is 12.6. The van der Waals surface area contributed by atoms with Crippen LogP contribution in [0, 0.1) is 10.1 Å². The van der Waals surface area contributed by atoms with Crippen LogP contribution in [0.25, 0.3) is 0 Å². The van der Waals surface area contributed by atoms with Gasteiger partial charge in [-0.25, -0.2) is 8.78 Å². The maximum absolute atomic E-state index is 12.6. The number of pyridine rings is 1. The Kier molecular flexibility index (Phi) is 4.19. The fraction of sp³-hybridized carbons (Fsp3) is 0.375. The Morgan fingerprint density at radius 2 is 2.05 bits per heavy atom. The molecule has 19 heavy (non-hydrogen) atoms. The van der Waals surface area contributed by atoms with Crippen LogP contribution in [-0.2, 0) is 6.61 Å². The number of aliphatic hydroxyl groups is 1. The Morgan fingerprint density at radius 1 is 1.47 bits per heavy atom. The first kappa shape index (κ1) is 15.0. The molecule has 0 aromatic carbocycles. The third-order valence-corrected chi connectivity index (χ3v) is 1.88. The predicted molar refractivity (Wildman–Crippen MR) is 48.5 cm³/mol. The maximum Gasteiger partial charge on any atom is 0.575 e. The average molecular weight is 288 g/mol. The molecular formula is C8H5F5N2O4. The molecule has 11 heteroatoms. The molecule has 0 aliphatic rings. The van der Waals surface area contributed by atoms with E-state index in [9.17, 15) is 32.1 Å². The number of hydrogen-bond donors (Lipinski definition) is 1. The molecule has 0 saturated heterocycles. The fourth-order valence-electron chi connectivity index (χ4n) is 1.25. The highest BCUT2D eigenvalue weighted by Gasteiger charge is 2.36. The summed E-state index contributed by atoms with van der Waals surface area (Å²) in [5.74, 6) is -2.80. The van der Waals surface area contributed by atoms with Gasteiger partial charge in [-0.1, -0.05) is 0 Å². The Labute approximate surface area is 101 Å². The lowest BCUT2D eigenvalue weighted by molar-refractivity contribution is -0.391. The molecule has 0 saturated carbocycles. The topological polar surface area (TPSA) is 85.5 Å². The van der Waals surface area contributed by atoms with Gasteiger partial charge >= 0.3 is 18.1 Å². The number of halogens is 5. The lowest BCUT2D eigenvalue weighted by Gasteiger charge is -2.09. The summed E-state index contributed by atoms with van der Waals surface area (Å²) in [5.41, 5.74) is -2.02. The third-order valence-electron chi connectivity index (χ3n) is 1.88. The lowest BCUT2D eigenvalue weighted by Crippen LogP contribution is -2.19. The first-order valence-corrected chi connectivity index (χ1v) is 4.48. The molecule has 0 amide bonds. The summed E-state index contributed by atoms with van der Waals surface area (Å²) in [6.07, 6.45) is -8.57. The zero-order valence-corrected chi connectivity index (χ0v) is 8.82. The second-order valence-corrected chi connectivity index (χ2v) is 3.12. The summed E-state index contributed by atoms with van der Waals surface area (Å²) in [5, 5.41) is 19.3. The van der Waals surface area contributed by atoms with Crippen molar-refractivity contribution in [2.75, 3.05) is 0 Å². The van der Waals surface area contributed by atoms with Crippen molar-refractivity contribution < 1.29 is 36.7 Å². The van der Waals surface area contributed by atoms with Crippen molar-refractivity contribution in [1.82, 2.24) is 4.98 Å². The Bertz CT molecular complexity index is 491. The van der Waals surface area contributed by atoms with E-state index in [0.29, 0.717) is 6.07 Å². The van der Waals surface area contributed by atoms with Gasteiger partial charge in [-0.3, -0.25) is 0 Å². The molecule has 1 N–H and O–H groups in total. The molecule has 0 radical (unpaired) electrons. The van der Waals surface area contributed by atoms with Gasteiger partial charge in [-0.2, -0.15) is 0 Å². The molecule has 0 atom stereocenters. The van der Waals surface area contributed by atoms with Gasteiger partial charge in [0.1, 0.15) is 5.56 Å². The van der Waals surface area contributed by atoms with Crippen molar-refractivity contribution >= 4 is 5.82 Å². The van der Waals surface area contributed by atoms with Gasteiger partial charge in [0, 0.05) is 16.6 Å². The summed E-state index contributed by atoms with van der Waals surface area (Å²) in [6, 6.07) is 0.363. The molecule has 0 unspecified atom stereocenters. The van der Waals surface area contributed by atoms with Gasteiger partial charge in [-0.15, -0.1) is 13.2 Å². The quantitative estimate of drug-likeness (QED) is 0.522. The summed E-state index contributed by atoms with van der Waals surface area (Å²) in [7, 11) is 0. The number of nitrogens with zero attached hydrogens (tertiary/aromatic N) is 2. The second-order valence-electron chi connectivity index (χ2n) is 3.12. The van der Waals surface area contributed by atoms with Crippen molar-refractivity contribution in [3.8, 4) is 5.88 Å². The molecule has 1 aromatic heterocycles. The van der Waals surface area contributed by atoms with Crippen molar-refractivity contribution in [2.24, 2.45) is 0 Å². The molecule has 0 aliphatic carbocycles. The van der Waals surface area contributed by atoms with E-state index in [-0.39, 0.29) is 0 Å². The molecule has 1 aromatic rings. The van der Waals surface area contributed by atoms with E-state index in [1.807, 2.05) is 0 Å². The average Bonchev–Trinajstić information content (AvgIpc) is 2.24. The van der Waals surface area contributed by atoms with Gasteiger partial charge in [0.15, 0.2) is 0 Å². The summed E-state index contributed by atoms with van der Waals surface area (Å²) in [4.78, 5) is 11.9. The number of nitro groups is 1. The summed E-state index contributed by atoms with van der Waals surface area (Å²) < 4.78 is 64.2. The Balaban J connectivity index is 3.40. The number of hydrogen-bond acceptors (Lipinski definition) is 5. The zero-order chi connectivity index (χ0) is 14.8. The Hall–Kier alpha value is -2.04. The van der Waals surface area contributed by atoms with E-state index in [1.165, 1.54) is 0 Å². The minimum Gasteiger partial charge on any atom is -0.392 e. The highest BCUT2D eigenvalue weighted by Crippen LogP contribution is 2.34. The predicted octanol–water partition coefficient (Wildman–Crippen LogP) is 2.32. The molecule has 0 fully saturated rings. The monoisotopic (exact) mass is 288 g/mol. The van der Waals surface area contributed by atoms with Crippen molar-refractivity contribution in [3.05, 3.63) is 27.3 Å². The first-order chi connectivity index (χ1) is 8.65. The van der Waals surface area contributed by atoms with Crippen LogP contribution >= 0.6 is 0 Å². The minimum absolute atomic E-state index is 0.363. The van der Waals surface area contributed by atoms with Crippen LogP contribution in [0.15, 0.2) is 6.07 Å². The van der Waals surface area contributed by atoms with Crippen LogP contribution in [0.2, 0.25) is 0 Å². The third kappa shape index (κ3) is 3.71. The van der Waals surface area contributed by atoms with Crippen LogP contribution < -0.4 is 4.74 Å². The van der Waals surface area contributed by atoms with Crippen LogP contribution in [0.1, 0.15) is 17.6 Å². The number of rotatable bonds is 4. The molecule has 0 aliphatic heterocycles. The van der Waals surface area contributed by atoms with Crippen LogP contribution in [-0.4, -0.2) is 21.4 Å². The van der Waals surface area contributed by atoms with Gasteiger partial charge in [0.25, 0.3) is 6.43 Å². The van der Waals surface area contributed by atoms with E-state index in [4.69, 9.17) is 5.11 Å². The number of aliphatic hydroxyl groups excluding tert-OH is 1. The van der Waals surface area contributed by atoms with E-state index in [2.05, 4.69) is 9.72 Å². The van der Waals surface area contributed by atoms with E-state index in [1.54, 1.807) is 0 Å². The second kappa shape index (κ2) is 5.30. The van der Waals surface area contributed by atoms with Crippen molar-refractivity contribution in [1.29, 1.82) is 0 Å². The summed E-state index contributed by atoms with van der Waals surface area (Å²) in [6.45, 7) is -1.13. The van der Waals surface area contributed by atoms with Crippen LogP contribution in [0.3, 0.4) is 0 Å². The van der Waals surface area contributed by atoms with Gasteiger partial charge in [0.05, 0.1) is 6.61 Å². The minimum atomic E-state index is -5.19. The van der Waals surface area contributed by atoms with Gasteiger partial charge in [-0.05, 0) is 4.92 Å². The molecule has 1 rings (SSSR count). The fourth-order valence-corrected chi connectivity index (χ4v) is 1.25. The van der Waals surface area contributed by atoms with Gasteiger partial charge < -0.3 is 20.0 Å². The lowest BCUT2D eigenvalue weighted by atomic mass is 10.1. The highest BCUT2D eigenvalue weighted by atomic mass is 19.4. The largest absolute Gasteiger partial charge is 0.575 e. The smallest absolute Gasteiger partial charge is 0.392 e. The molecule has 0 spiro atoms. The van der Waals surface area contributed by atoms with Crippen molar-refractivity contribution in [3.63, 3.8) is 0 Å². The van der Waals surface area contributed by atoms with Crippen molar-refractivity contribution in [2.45, 2.75) is 19.4 Å². The molecular weight excluding hydrogens is 283 g/mol. The van der Waals surface area contributed by atoms with E-state index < -0.39 is 47.1 Å². The zero-order valence-electron chi connectivity index (χ0n) is 8.82. The van der Waals surface area contributed by atoms with Crippen LogP contribution in [0.4, 0.5) is 27.8 Å². The highest BCUT2D eigenvalue weighted by molar-refractivity contribution is 5.43. The Morgan fingerprint density at radius 3 is 2.42 bits per heavy atom. The normalized spacial score (nSPS) is 11.7. The number of ether oxygens (including phenoxy) is 1. The standard InChI is InChI=1S/C8H5F5N2O4/c9-6(10)5-3(2-16)1-4(19-8(11,12)13)14-7(5)15(17)18/h1,6,16H,2H2. The van der Waals surface area contributed by atoms with E-state index in [0.717, 1.165) is 0 Å². The number of alkyl halides is 5. The molecule has 106 valence electrons. The first-order valence-electron chi connectivity index (χ1n) is 4.48. The number of aromatic nitrogens is 1. The molecule has 1 heterocycles. The van der Waals surface area contributed by atoms with Crippen LogP contribution in [0.5, 0.6) is 5.88 Å².